The van der Waals surface area contributed by atoms with Gasteiger partial charge in [-0.25, -0.2) is 0 Å². The molecule has 1 amide bonds. The average Bonchev–Trinajstić information content (AvgIpc) is 2.73. The second-order valence-corrected chi connectivity index (χ2v) is 5.99. The molecule has 2 nitrogen and oxygen atoms in total. The van der Waals surface area contributed by atoms with Crippen LogP contribution in [0.4, 0.5) is 0 Å². The van der Waals surface area contributed by atoms with Crippen LogP contribution in [0, 0.1) is 6.92 Å². The molecule has 1 aromatic carbocycles. The van der Waals surface area contributed by atoms with Gasteiger partial charge in [0.25, 0.3) is 5.91 Å². The largest absolute Gasteiger partial charge is 0.347 e. The number of carbonyl (C=O) groups excluding carboxylic acids is 1. The normalized spacial score (nSPS) is 10.2. The first-order valence-electron chi connectivity index (χ1n) is 5.24. The third-order valence-corrected chi connectivity index (χ3v) is 3.85. The molecule has 0 atom stereocenters. The van der Waals surface area contributed by atoms with E-state index in [1.54, 1.807) is 23.5 Å². The molecule has 0 aliphatic carbocycles. The number of aryl methyl sites for hydroxylation is 1. The molecule has 1 N–H and O–H groups in total. The summed E-state index contributed by atoms with van der Waals surface area (Å²) < 4.78 is 0.975. The highest BCUT2D eigenvalue weighted by molar-refractivity contribution is 9.10. The Morgan fingerprint density at radius 2 is 1.94 bits per heavy atom. The number of nitrogens with one attached hydrogen (secondary N) is 1. The third-order valence-electron chi connectivity index (χ3n) is 2.33. The van der Waals surface area contributed by atoms with E-state index in [1.165, 1.54) is 9.75 Å². The summed E-state index contributed by atoms with van der Waals surface area (Å²) in [6.07, 6.45) is 0. The molecule has 1 aromatic heterocycles. The Balaban J connectivity index is 1.95. The fraction of sp³-hybridized carbons (Fsp3) is 0.154. The molecule has 0 fully saturated rings. The van der Waals surface area contributed by atoms with Crippen LogP contribution in [-0.4, -0.2) is 5.91 Å². The van der Waals surface area contributed by atoms with E-state index in [4.69, 9.17) is 0 Å². The Bertz CT molecular complexity index is 518. The van der Waals surface area contributed by atoms with Crippen LogP contribution in [0.15, 0.2) is 40.9 Å². The van der Waals surface area contributed by atoms with Crippen molar-refractivity contribution >= 4 is 33.2 Å². The van der Waals surface area contributed by atoms with E-state index >= 15 is 0 Å². The van der Waals surface area contributed by atoms with Crippen molar-refractivity contribution in [1.82, 2.24) is 5.32 Å². The third kappa shape index (κ3) is 3.41. The van der Waals surface area contributed by atoms with Gasteiger partial charge in [-0.1, -0.05) is 15.9 Å². The summed E-state index contributed by atoms with van der Waals surface area (Å²) in [7, 11) is 0. The Hall–Kier alpha value is -1.13. The summed E-state index contributed by atoms with van der Waals surface area (Å²) in [5.41, 5.74) is 0.682. The first-order valence-corrected chi connectivity index (χ1v) is 6.85. The summed E-state index contributed by atoms with van der Waals surface area (Å²) in [5, 5.41) is 2.90. The van der Waals surface area contributed by atoms with Crippen molar-refractivity contribution in [3.8, 4) is 0 Å². The molecule has 0 aliphatic rings. The number of hydrogen-bond acceptors (Lipinski definition) is 2. The second kappa shape index (κ2) is 5.47. The minimum Gasteiger partial charge on any atom is -0.347 e. The number of halogens is 1. The lowest BCUT2D eigenvalue weighted by atomic mass is 10.2. The van der Waals surface area contributed by atoms with Gasteiger partial charge in [-0.2, -0.15) is 0 Å². The second-order valence-electron chi connectivity index (χ2n) is 3.70. The molecule has 1 heterocycles. The van der Waals surface area contributed by atoms with E-state index in [-0.39, 0.29) is 5.91 Å². The van der Waals surface area contributed by atoms with E-state index in [0.29, 0.717) is 12.1 Å². The number of thiophene rings is 1. The van der Waals surface area contributed by atoms with Crippen LogP contribution in [-0.2, 0) is 6.54 Å². The van der Waals surface area contributed by atoms with E-state index in [2.05, 4.69) is 34.2 Å². The van der Waals surface area contributed by atoms with Gasteiger partial charge in [-0.05, 0) is 43.3 Å². The fourth-order valence-corrected chi connectivity index (χ4v) is 2.55. The first-order chi connectivity index (χ1) is 8.15. The zero-order valence-corrected chi connectivity index (χ0v) is 11.8. The number of hydrogen-bond donors (Lipinski definition) is 1. The predicted molar refractivity (Wildman–Crippen MR) is 74.4 cm³/mol. The fourth-order valence-electron chi connectivity index (χ4n) is 1.45. The summed E-state index contributed by atoms with van der Waals surface area (Å²) in [4.78, 5) is 14.3. The highest BCUT2D eigenvalue weighted by Crippen LogP contribution is 2.15. The van der Waals surface area contributed by atoms with Crippen molar-refractivity contribution in [2.45, 2.75) is 13.5 Å². The Morgan fingerprint density at radius 3 is 2.53 bits per heavy atom. The molecule has 0 spiro atoms. The standard InChI is InChI=1S/C13H12BrNOS/c1-9-2-7-12(17-9)8-15-13(16)10-3-5-11(14)6-4-10/h2-7H,8H2,1H3,(H,15,16). The maximum atomic E-state index is 11.8. The van der Waals surface area contributed by atoms with Gasteiger partial charge in [-0.3, -0.25) is 4.79 Å². The van der Waals surface area contributed by atoms with Gasteiger partial charge in [0.05, 0.1) is 6.54 Å². The van der Waals surface area contributed by atoms with Crippen LogP contribution < -0.4 is 5.32 Å². The van der Waals surface area contributed by atoms with Gasteiger partial charge in [-0.15, -0.1) is 11.3 Å². The summed E-state index contributed by atoms with van der Waals surface area (Å²) in [6.45, 7) is 2.65. The molecule has 88 valence electrons. The van der Waals surface area contributed by atoms with E-state index < -0.39 is 0 Å². The van der Waals surface area contributed by atoms with Crippen LogP contribution >= 0.6 is 27.3 Å². The molecule has 0 unspecified atom stereocenters. The maximum absolute atomic E-state index is 11.8. The minimum absolute atomic E-state index is 0.0384. The van der Waals surface area contributed by atoms with Crippen molar-refractivity contribution in [3.63, 3.8) is 0 Å². The van der Waals surface area contributed by atoms with Gasteiger partial charge in [0.1, 0.15) is 0 Å². The van der Waals surface area contributed by atoms with Crippen LogP contribution in [0.1, 0.15) is 20.1 Å². The Kier molecular flexibility index (Phi) is 3.97. The summed E-state index contributed by atoms with van der Waals surface area (Å²) >= 11 is 5.05. The van der Waals surface area contributed by atoms with Crippen molar-refractivity contribution in [1.29, 1.82) is 0 Å². The van der Waals surface area contributed by atoms with Crippen molar-refractivity contribution in [2.75, 3.05) is 0 Å². The zero-order chi connectivity index (χ0) is 12.3. The Morgan fingerprint density at radius 1 is 1.24 bits per heavy atom. The van der Waals surface area contributed by atoms with Gasteiger partial charge in [0, 0.05) is 19.8 Å². The van der Waals surface area contributed by atoms with E-state index in [9.17, 15) is 4.79 Å². The number of rotatable bonds is 3. The lowest BCUT2D eigenvalue weighted by Gasteiger charge is -2.03. The van der Waals surface area contributed by atoms with Gasteiger partial charge in [0.2, 0.25) is 0 Å². The molecule has 0 bridgehead atoms. The molecule has 0 aliphatic heterocycles. The summed E-state index contributed by atoms with van der Waals surface area (Å²) in [6, 6.07) is 11.4. The Labute approximate surface area is 113 Å². The van der Waals surface area contributed by atoms with Gasteiger partial charge in [0.15, 0.2) is 0 Å². The van der Waals surface area contributed by atoms with Crippen LogP contribution in [0.5, 0.6) is 0 Å². The van der Waals surface area contributed by atoms with Crippen molar-refractivity contribution < 1.29 is 4.79 Å². The topological polar surface area (TPSA) is 29.1 Å². The molecule has 17 heavy (non-hydrogen) atoms. The molecular formula is C13H12BrNOS. The van der Waals surface area contributed by atoms with Gasteiger partial charge >= 0.3 is 0 Å². The zero-order valence-electron chi connectivity index (χ0n) is 9.37. The summed E-state index contributed by atoms with van der Waals surface area (Å²) in [5.74, 6) is -0.0384. The van der Waals surface area contributed by atoms with Crippen LogP contribution in [0.3, 0.4) is 0 Å². The van der Waals surface area contributed by atoms with Gasteiger partial charge < -0.3 is 5.32 Å². The number of benzene rings is 1. The quantitative estimate of drug-likeness (QED) is 0.919. The molecule has 0 saturated carbocycles. The highest BCUT2D eigenvalue weighted by Gasteiger charge is 2.05. The SMILES string of the molecule is Cc1ccc(CNC(=O)c2ccc(Br)cc2)s1. The molecular weight excluding hydrogens is 298 g/mol. The lowest BCUT2D eigenvalue weighted by Crippen LogP contribution is -2.22. The first kappa shape index (κ1) is 12.3. The molecule has 4 heteroatoms. The lowest BCUT2D eigenvalue weighted by molar-refractivity contribution is 0.0951. The predicted octanol–water partition coefficient (Wildman–Crippen LogP) is 3.75. The monoisotopic (exact) mass is 309 g/mol. The highest BCUT2D eigenvalue weighted by atomic mass is 79.9. The number of amides is 1. The molecule has 2 aromatic rings. The van der Waals surface area contributed by atoms with Crippen LogP contribution in [0.2, 0.25) is 0 Å². The maximum Gasteiger partial charge on any atom is 0.251 e. The van der Waals surface area contributed by atoms with Crippen molar-refractivity contribution in [3.05, 3.63) is 56.2 Å². The smallest absolute Gasteiger partial charge is 0.251 e. The van der Waals surface area contributed by atoms with Crippen molar-refractivity contribution in [2.24, 2.45) is 0 Å². The molecule has 0 radical (unpaired) electrons. The minimum atomic E-state index is -0.0384. The number of carbonyl (C=O) groups is 1. The van der Waals surface area contributed by atoms with E-state index in [1.807, 2.05) is 18.2 Å². The average molecular weight is 310 g/mol. The van der Waals surface area contributed by atoms with E-state index in [0.717, 1.165) is 4.47 Å². The van der Waals surface area contributed by atoms with Crippen LogP contribution in [0.25, 0.3) is 0 Å². The molecule has 2 rings (SSSR count). The molecule has 0 saturated heterocycles.